The standard InChI is InChI=1S/C22H27NO3/c1-2-23-22(25)21(24)12-8-3-4-9-17-26-20-15-13-19(14-16-20)18-10-6-5-7-11-18/h5-7,10-11,13-16H,2-4,8-9,12,17H2,1H3,(H,23,25). The summed E-state index contributed by atoms with van der Waals surface area (Å²) in [5.74, 6) is 0.0903. The molecule has 0 saturated heterocycles. The van der Waals surface area contributed by atoms with Crippen molar-refractivity contribution in [3.05, 3.63) is 54.6 Å². The number of carbonyl (C=O) groups is 2. The van der Waals surface area contributed by atoms with E-state index in [4.69, 9.17) is 4.74 Å². The van der Waals surface area contributed by atoms with Gasteiger partial charge in [0.05, 0.1) is 6.61 Å². The van der Waals surface area contributed by atoms with Crippen molar-refractivity contribution in [1.29, 1.82) is 0 Å². The van der Waals surface area contributed by atoms with E-state index in [0.717, 1.165) is 31.4 Å². The van der Waals surface area contributed by atoms with Crippen molar-refractivity contribution in [1.82, 2.24) is 5.32 Å². The van der Waals surface area contributed by atoms with Crippen LogP contribution < -0.4 is 10.1 Å². The van der Waals surface area contributed by atoms with Crippen LogP contribution in [0.1, 0.15) is 39.0 Å². The van der Waals surface area contributed by atoms with Gasteiger partial charge in [0.2, 0.25) is 5.78 Å². The molecule has 0 bridgehead atoms. The number of amides is 1. The van der Waals surface area contributed by atoms with Gasteiger partial charge in [-0.15, -0.1) is 0 Å². The average molecular weight is 353 g/mol. The lowest BCUT2D eigenvalue weighted by Crippen LogP contribution is -2.30. The maximum absolute atomic E-state index is 11.5. The average Bonchev–Trinajstić information content (AvgIpc) is 2.68. The molecule has 0 heterocycles. The van der Waals surface area contributed by atoms with Crippen LogP contribution in [0.2, 0.25) is 0 Å². The predicted molar refractivity (Wildman–Crippen MR) is 104 cm³/mol. The van der Waals surface area contributed by atoms with Crippen LogP contribution in [0.4, 0.5) is 0 Å². The molecule has 26 heavy (non-hydrogen) atoms. The third kappa shape index (κ3) is 6.71. The van der Waals surface area contributed by atoms with E-state index < -0.39 is 5.91 Å². The summed E-state index contributed by atoms with van der Waals surface area (Å²) < 4.78 is 5.76. The summed E-state index contributed by atoms with van der Waals surface area (Å²) in [6, 6.07) is 18.4. The number of Topliss-reactive ketones (excluding diaryl/α,β-unsaturated/α-hetero) is 1. The van der Waals surface area contributed by atoms with Crippen LogP contribution in [0.15, 0.2) is 54.6 Å². The summed E-state index contributed by atoms with van der Waals surface area (Å²) in [5, 5.41) is 2.53. The van der Waals surface area contributed by atoms with E-state index in [2.05, 4.69) is 29.6 Å². The SMILES string of the molecule is CCNC(=O)C(=O)CCCCCCOc1ccc(-c2ccccc2)cc1. The lowest BCUT2D eigenvalue weighted by atomic mass is 10.1. The molecule has 0 aliphatic rings. The highest BCUT2D eigenvalue weighted by molar-refractivity contribution is 6.36. The first-order chi connectivity index (χ1) is 12.7. The largest absolute Gasteiger partial charge is 0.494 e. The second kappa shape index (κ2) is 11.1. The fraction of sp³-hybridized carbons (Fsp3) is 0.364. The van der Waals surface area contributed by atoms with Gasteiger partial charge < -0.3 is 10.1 Å². The predicted octanol–water partition coefficient (Wildman–Crippen LogP) is 4.39. The smallest absolute Gasteiger partial charge is 0.287 e. The fourth-order valence-corrected chi connectivity index (χ4v) is 2.68. The molecular weight excluding hydrogens is 326 g/mol. The van der Waals surface area contributed by atoms with E-state index >= 15 is 0 Å². The lowest BCUT2D eigenvalue weighted by Gasteiger charge is -2.07. The van der Waals surface area contributed by atoms with Crippen LogP contribution in [0.25, 0.3) is 11.1 Å². The molecule has 4 nitrogen and oxygen atoms in total. The molecule has 1 N–H and O–H groups in total. The van der Waals surface area contributed by atoms with Gasteiger partial charge in [0.1, 0.15) is 5.75 Å². The van der Waals surface area contributed by atoms with Gasteiger partial charge in [-0.25, -0.2) is 0 Å². The minimum atomic E-state index is -0.463. The van der Waals surface area contributed by atoms with Gasteiger partial charge in [-0.2, -0.15) is 0 Å². The van der Waals surface area contributed by atoms with Crippen LogP contribution in [-0.4, -0.2) is 24.8 Å². The number of nitrogens with one attached hydrogen (secondary N) is 1. The zero-order valence-corrected chi connectivity index (χ0v) is 15.4. The summed E-state index contributed by atoms with van der Waals surface area (Å²) in [6.45, 7) is 2.96. The van der Waals surface area contributed by atoms with E-state index in [-0.39, 0.29) is 5.78 Å². The maximum Gasteiger partial charge on any atom is 0.287 e. The highest BCUT2D eigenvalue weighted by atomic mass is 16.5. The van der Waals surface area contributed by atoms with Gasteiger partial charge in [-0.3, -0.25) is 9.59 Å². The van der Waals surface area contributed by atoms with Crippen molar-refractivity contribution in [2.24, 2.45) is 0 Å². The molecule has 2 aromatic rings. The lowest BCUT2D eigenvalue weighted by molar-refractivity contribution is -0.137. The van der Waals surface area contributed by atoms with Gasteiger partial charge >= 0.3 is 0 Å². The summed E-state index contributed by atoms with van der Waals surface area (Å²) in [6.07, 6.45) is 3.94. The zero-order valence-electron chi connectivity index (χ0n) is 15.4. The molecular formula is C22H27NO3. The summed E-state index contributed by atoms with van der Waals surface area (Å²) >= 11 is 0. The number of hydrogen-bond donors (Lipinski definition) is 1. The van der Waals surface area contributed by atoms with Crippen LogP contribution in [0, 0.1) is 0 Å². The van der Waals surface area contributed by atoms with E-state index in [9.17, 15) is 9.59 Å². The molecule has 2 aromatic carbocycles. The first kappa shape index (κ1) is 19.7. The first-order valence-corrected chi connectivity index (χ1v) is 9.30. The van der Waals surface area contributed by atoms with Crippen molar-refractivity contribution in [3.8, 4) is 16.9 Å². The molecule has 0 aliphatic heterocycles. The van der Waals surface area contributed by atoms with E-state index in [1.54, 1.807) is 6.92 Å². The Morgan fingerprint density at radius 1 is 0.846 bits per heavy atom. The molecule has 0 atom stereocenters. The number of carbonyl (C=O) groups excluding carboxylic acids is 2. The van der Waals surface area contributed by atoms with Gasteiger partial charge in [-0.05, 0) is 43.0 Å². The molecule has 138 valence electrons. The van der Waals surface area contributed by atoms with Gasteiger partial charge in [-0.1, -0.05) is 55.3 Å². The minimum absolute atomic E-state index is 0.318. The zero-order chi connectivity index (χ0) is 18.6. The fourth-order valence-electron chi connectivity index (χ4n) is 2.68. The van der Waals surface area contributed by atoms with Crippen molar-refractivity contribution in [2.45, 2.75) is 39.0 Å². The molecule has 1 amide bonds. The number of hydrogen-bond acceptors (Lipinski definition) is 3. The Bertz CT molecular complexity index is 680. The molecule has 0 spiro atoms. The number of likely N-dealkylation sites (N-methyl/N-ethyl adjacent to an activating group) is 1. The topological polar surface area (TPSA) is 55.4 Å². The molecule has 0 aromatic heterocycles. The van der Waals surface area contributed by atoms with Crippen molar-refractivity contribution in [3.63, 3.8) is 0 Å². The second-order valence-corrected chi connectivity index (χ2v) is 6.19. The van der Waals surface area contributed by atoms with Gasteiger partial charge in [0.15, 0.2) is 0 Å². The van der Waals surface area contributed by atoms with Crippen LogP contribution >= 0.6 is 0 Å². The Morgan fingerprint density at radius 2 is 1.50 bits per heavy atom. The molecule has 4 heteroatoms. The third-order valence-corrected chi connectivity index (χ3v) is 4.12. The van der Waals surface area contributed by atoms with E-state index in [1.165, 1.54) is 11.1 Å². The van der Waals surface area contributed by atoms with Crippen molar-refractivity contribution < 1.29 is 14.3 Å². The normalized spacial score (nSPS) is 10.3. The Hall–Kier alpha value is -2.62. The summed E-state index contributed by atoms with van der Waals surface area (Å²) in [4.78, 5) is 22.8. The number of benzene rings is 2. The Morgan fingerprint density at radius 3 is 2.19 bits per heavy atom. The Balaban J connectivity index is 1.59. The quantitative estimate of drug-likeness (QED) is 0.481. The summed E-state index contributed by atoms with van der Waals surface area (Å²) in [5.41, 5.74) is 2.37. The number of unbranched alkanes of at least 4 members (excludes halogenated alkanes) is 3. The van der Waals surface area contributed by atoms with Gasteiger partial charge in [0.25, 0.3) is 5.91 Å². The van der Waals surface area contributed by atoms with Crippen molar-refractivity contribution in [2.75, 3.05) is 13.2 Å². The summed E-state index contributed by atoms with van der Waals surface area (Å²) in [7, 11) is 0. The van der Waals surface area contributed by atoms with E-state index in [1.807, 2.05) is 30.3 Å². The van der Waals surface area contributed by atoms with Crippen molar-refractivity contribution >= 4 is 11.7 Å². The Labute approximate surface area is 155 Å². The molecule has 0 aliphatic carbocycles. The Kier molecular flexibility index (Phi) is 8.40. The van der Waals surface area contributed by atoms with Crippen LogP contribution in [0.3, 0.4) is 0 Å². The highest BCUT2D eigenvalue weighted by Crippen LogP contribution is 2.22. The van der Waals surface area contributed by atoms with E-state index in [0.29, 0.717) is 19.6 Å². The highest BCUT2D eigenvalue weighted by Gasteiger charge is 2.11. The number of rotatable bonds is 11. The van der Waals surface area contributed by atoms with Crippen LogP contribution in [0.5, 0.6) is 5.75 Å². The third-order valence-electron chi connectivity index (χ3n) is 4.12. The number of ketones is 1. The minimum Gasteiger partial charge on any atom is -0.494 e. The molecule has 2 rings (SSSR count). The molecule has 0 fully saturated rings. The maximum atomic E-state index is 11.5. The van der Waals surface area contributed by atoms with Gasteiger partial charge in [0, 0.05) is 13.0 Å². The molecule has 0 unspecified atom stereocenters. The first-order valence-electron chi connectivity index (χ1n) is 9.30. The van der Waals surface area contributed by atoms with Crippen LogP contribution in [-0.2, 0) is 9.59 Å². The molecule has 0 radical (unpaired) electrons. The molecule has 0 saturated carbocycles. The monoisotopic (exact) mass is 353 g/mol. The number of ether oxygens (including phenoxy) is 1. The second-order valence-electron chi connectivity index (χ2n) is 6.19.